The van der Waals surface area contributed by atoms with E-state index >= 15 is 0 Å². The van der Waals surface area contributed by atoms with Gasteiger partial charge in [0.25, 0.3) is 11.5 Å². The summed E-state index contributed by atoms with van der Waals surface area (Å²) in [6.07, 6.45) is 0. The number of aromatic amines is 1. The molecule has 0 radical (unpaired) electrons. The van der Waals surface area contributed by atoms with Crippen molar-refractivity contribution < 1.29 is 4.79 Å². The van der Waals surface area contributed by atoms with Gasteiger partial charge in [0, 0.05) is 18.1 Å². The number of benzene rings is 2. The number of aryl methyl sites for hydroxylation is 1. The van der Waals surface area contributed by atoms with E-state index in [9.17, 15) is 9.59 Å². The molecule has 1 amide bonds. The third-order valence-corrected chi connectivity index (χ3v) is 4.27. The molecule has 0 aliphatic rings. The zero-order chi connectivity index (χ0) is 17.3. The van der Waals surface area contributed by atoms with Crippen LogP contribution in [0.2, 0.25) is 5.02 Å². The number of carbonyl (C=O) groups excluding carboxylic acids is 1. The van der Waals surface area contributed by atoms with Crippen LogP contribution in [-0.4, -0.2) is 22.8 Å². The number of amides is 1. The van der Waals surface area contributed by atoms with Crippen molar-refractivity contribution in [2.45, 2.75) is 13.5 Å². The van der Waals surface area contributed by atoms with Gasteiger partial charge in [0.15, 0.2) is 0 Å². The number of hydrogen-bond acceptors (Lipinski definition) is 2. The van der Waals surface area contributed by atoms with Crippen LogP contribution < -0.4 is 5.56 Å². The van der Waals surface area contributed by atoms with Crippen LogP contribution in [-0.2, 0) is 6.54 Å². The molecule has 0 saturated heterocycles. The standard InChI is InChI=1S/C19H17ClN2O2/c1-12-7-8-13-10-14(18(23)21-17(13)9-12)11-22(2)19(24)15-5-3-4-6-16(15)20/h3-10H,11H2,1-2H3,(H,21,23). The zero-order valence-electron chi connectivity index (χ0n) is 13.5. The van der Waals surface area contributed by atoms with Gasteiger partial charge in [-0.2, -0.15) is 0 Å². The summed E-state index contributed by atoms with van der Waals surface area (Å²) < 4.78 is 0. The van der Waals surface area contributed by atoms with E-state index in [0.717, 1.165) is 16.5 Å². The quantitative estimate of drug-likeness (QED) is 0.789. The predicted octanol–water partition coefficient (Wildman–Crippen LogP) is 3.76. The summed E-state index contributed by atoms with van der Waals surface area (Å²) in [4.78, 5) is 29.2. The second-order valence-electron chi connectivity index (χ2n) is 5.86. The maximum absolute atomic E-state index is 12.5. The van der Waals surface area contributed by atoms with E-state index in [1.807, 2.05) is 31.2 Å². The first-order valence-corrected chi connectivity index (χ1v) is 7.96. The van der Waals surface area contributed by atoms with Crippen molar-refractivity contribution in [1.29, 1.82) is 0 Å². The number of H-pyrrole nitrogens is 1. The molecule has 0 saturated carbocycles. The number of nitrogens with one attached hydrogen (secondary N) is 1. The number of nitrogens with zero attached hydrogens (tertiary/aromatic N) is 1. The van der Waals surface area contributed by atoms with Gasteiger partial charge in [-0.05, 0) is 42.1 Å². The Labute approximate surface area is 144 Å². The summed E-state index contributed by atoms with van der Waals surface area (Å²) in [5.41, 5.74) is 2.65. The van der Waals surface area contributed by atoms with Gasteiger partial charge in [-0.1, -0.05) is 35.9 Å². The molecule has 0 aliphatic heterocycles. The molecule has 2 aromatic carbocycles. The van der Waals surface area contributed by atoms with E-state index in [1.54, 1.807) is 31.3 Å². The Kier molecular flexibility index (Phi) is 4.40. The minimum atomic E-state index is -0.219. The first-order chi connectivity index (χ1) is 11.5. The fourth-order valence-electron chi connectivity index (χ4n) is 2.65. The van der Waals surface area contributed by atoms with Gasteiger partial charge in [-0.25, -0.2) is 0 Å². The zero-order valence-corrected chi connectivity index (χ0v) is 14.2. The number of rotatable bonds is 3. The summed E-state index contributed by atoms with van der Waals surface area (Å²) in [6.45, 7) is 2.19. The summed E-state index contributed by atoms with van der Waals surface area (Å²) in [5.74, 6) is -0.219. The molecule has 5 heteroatoms. The number of halogens is 1. The molecule has 4 nitrogen and oxygen atoms in total. The molecule has 1 aromatic heterocycles. The van der Waals surface area contributed by atoms with Gasteiger partial charge < -0.3 is 9.88 Å². The van der Waals surface area contributed by atoms with Gasteiger partial charge in [-0.3, -0.25) is 9.59 Å². The van der Waals surface area contributed by atoms with E-state index < -0.39 is 0 Å². The summed E-state index contributed by atoms with van der Waals surface area (Å²) in [6, 6.07) is 14.6. The SMILES string of the molecule is Cc1ccc2cc(CN(C)C(=O)c3ccccc3Cl)c(=O)[nH]c2c1. The Morgan fingerprint density at radius 1 is 1.17 bits per heavy atom. The van der Waals surface area contributed by atoms with Gasteiger partial charge >= 0.3 is 0 Å². The van der Waals surface area contributed by atoms with E-state index in [0.29, 0.717) is 16.1 Å². The second kappa shape index (κ2) is 6.49. The average Bonchev–Trinajstić information content (AvgIpc) is 2.55. The van der Waals surface area contributed by atoms with Crippen molar-refractivity contribution in [2.75, 3.05) is 7.05 Å². The van der Waals surface area contributed by atoms with Crippen molar-refractivity contribution >= 4 is 28.4 Å². The molecule has 24 heavy (non-hydrogen) atoms. The first kappa shape index (κ1) is 16.3. The smallest absolute Gasteiger partial charge is 0.255 e. The van der Waals surface area contributed by atoms with Gasteiger partial charge in [0.05, 0.1) is 17.1 Å². The van der Waals surface area contributed by atoms with Gasteiger partial charge in [0.2, 0.25) is 0 Å². The maximum atomic E-state index is 12.5. The highest BCUT2D eigenvalue weighted by molar-refractivity contribution is 6.33. The lowest BCUT2D eigenvalue weighted by Crippen LogP contribution is -2.29. The molecule has 1 heterocycles. The van der Waals surface area contributed by atoms with Crippen molar-refractivity contribution in [3.8, 4) is 0 Å². The molecule has 3 aromatic rings. The molecule has 0 unspecified atom stereocenters. The van der Waals surface area contributed by atoms with Gasteiger partial charge in [-0.15, -0.1) is 0 Å². The van der Waals surface area contributed by atoms with Crippen molar-refractivity contribution in [2.24, 2.45) is 0 Å². The minimum Gasteiger partial charge on any atom is -0.337 e. The van der Waals surface area contributed by atoms with Crippen molar-refractivity contribution in [3.05, 3.63) is 80.6 Å². The third-order valence-electron chi connectivity index (χ3n) is 3.94. The highest BCUT2D eigenvalue weighted by Gasteiger charge is 2.16. The summed E-state index contributed by atoms with van der Waals surface area (Å²) >= 11 is 6.07. The van der Waals surface area contributed by atoms with Crippen LogP contribution in [0.4, 0.5) is 0 Å². The van der Waals surface area contributed by atoms with E-state index in [2.05, 4.69) is 4.98 Å². The molecule has 1 N–H and O–H groups in total. The highest BCUT2D eigenvalue weighted by Crippen LogP contribution is 2.18. The number of aromatic nitrogens is 1. The van der Waals surface area contributed by atoms with Crippen LogP contribution in [0.1, 0.15) is 21.5 Å². The van der Waals surface area contributed by atoms with Crippen molar-refractivity contribution in [1.82, 2.24) is 9.88 Å². The Morgan fingerprint density at radius 3 is 2.67 bits per heavy atom. The fourth-order valence-corrected chi connectivity index (χ4v) is 2.86. The first-order valence-electron chi connectivity index (χ1n) is 7.58. The lowest BCUT2D eigenvalue weighted by molar-refractivity contribution is 0.0785. The number of pyridine rings is 1. The predicted molar refractivity (Wildman–Crippen MR) is 96.6 cm³/mol. The normalized spacial score (nSPS) is 10.8. The molecule has 0 spiro atoms. The lowest BCUT2D eigenvalue weighted by Gasteiger charge is -2.18. The van der Waals surface area contributed by atoms with Crippen LogP contribution in [0.25, 0.3) is 10.9 Å². The molecule has 0 atom stereocenters. The Morgan fingerprint density at radius 2 is 1.92 bits per heavy atom. The van der Waals surface area contributed by atoms with Crippen molar-refractivity contribution in [3.63, 3.8) is 0 Å². The van der Waals surface area contributed by atoms with Crippen LogP contribution in [0.5, 0.6) is 0 Å². The largest absolute Gasteiger partial charge is 0.337 e. The monoisotopic (exact) mass is 340 g/mol. The Bertz CT molecular complexity index is 979. The van der Waals surface area contributed by atoms with E-state index in [1.165, 1.54) is 4.90 Å². The van der Waals surface area contributed by atoms with Crippen LogP contribution in [0.15, 0.2) is 53.3 Å². The minimum absolute atomic E-state index is 0.188. The fraction of sp³-hybridized carbons (Fsp3) is 0.158. The number of fused-ring (bicyclic) bond motifs is 1. The number of hydrogen-bond donors (Lipinski definition) is 1. The van der Waals surface area contributed by atoms with E-state index in [4.69, 9.17) is 11.6 Å². The van der Waals surface area contributed by atoms with Crippen LogP contribution in [0.3, 0.4) is 0 Å². The Balaban J connectivity index is 1.90. The average molecular weight is 341 g/mol. The Hall–Kier alpha value is -2.59. The molecule has 122 valence electrons. The topological polar surface area (TPSA) is 53.2 Å². The maximum Gasteiger partial charge on any atom is 0.255 e. The highest BCUT2D eigenvalue weighted by atomic mass is 35.5. The number of carbonyl (C=O) groups is 1. The lowest BCUT2D eigenvalue weighted by atomic mass is 10.1. The molecular weight excluding hydrogens is 324 g/mol. The summed E-state index contributed by atoms with van der Waals surface area (Å²) in [5, 5.41) is 1.34. The molecule has 3 rings (SSSR count). The molecule has 0 bridgehead atoms. The third kappa shape index (κ3) is 3.19. The summed E-state index contributed by atoms with van der Waals surface area (Å²) in [7, 11) is 1.66. The van der Waals surface area contributed by atoms with E-state index in [-0.39, 0.29) is 18.0 Å². The van der Waals surface area contributed by atoms with Crippen LogP contribution in [0, 0.1) is 6.92 Å². The molecular formula is C19H17ClN2O2. The van der Waals surface area contributed by atoms with Gasteiger partial charge in [0.1, 0.15) is 0 Å². The molecule has 0 aliphatic carbocycles. The van der Waals surface area contributed by atoms with Crippen LogP contribution >= 0.6 is 11.6 Å². The molecule has 0 fully saturated rings. The second-order valence-corrected chi connectivity index (χ2v) is 6.26.